The zero-order valence-corrected chi connectivity index (χ0v) is 11.1. The van der Waals surface area contributed by atoms with Gasteiger partial charge >= 0.3 is 0 Å². The van der Waals surface area contributed by atoms with Crippen molar-refractivity contribution in [3.8, 4) is 0 Å². The number of anilines is 1. The minimum Gasteiger partial charge on any atom is -0.366 e. The summed E-state index contributed by atoms with van der Waals surface area (Å²) < 4.78 is 0. The van der Waals surface area contributed by atoms with Crippen molar-refractivity contribution in [3.63, 3.8) is 0 Å². The molecular weight excluding hydrogens is 264 g/mol. The SMILES string of the molecule is NC(=O)c1ccc(NC(=O)C2CC=CCC2)cc1Cl. The second-order valence-corrected chi connectivity index (χ2v) is 4.94. The molecule has 0 heterocycles. The van der Waals surface area contributed by atoms with Crippen molar-refractivity contribution >= 4 is 29.1 Å². The van der Waals surface area contributed by atoms with Crippen LogP contribution in [0.1, 0.15) is 29.6 Å². The zero-order chi connectivity index (χ0) is 13.8. The number of nitrogens with one attached hydrogen (secondary N) is 1. The summed E-state index contributed by atoms with van der Waals surface area (Å²) in [4.78, 5) is 23.1. The summed E-state index contributed by atoms with van der Waals surface area (Å²) >= 11 is 5.93. The molecule has 19 heavy (non-hydrogen) atoms. The molecule has 1 aliphatic rings. The van der Waals surface area contributed by atoms with E-state index in [1.165, 1.54) is 12.1 Å². The molecular formula is C14H15ClN2O2. The van der Waals surface area contributed by atoms with Crippen molar-refractivity contribution in [1.82, 2.24) is 0 Å². The van der Waals surface area contributed by atoms with Gasteiger partial charge in [0.15, 0.2) is 0 Å². The van der Waals surface area contributed by atoms with Crippen LogP contribution in [0.15, 0.2) is 30.4 Å². The van der Waals surface area contributed by atoms with Gasteiger partial charge in [0.1, 0.15) is 0 Å². The van der Waals surface area contributed by atoms with Gasteiger partial charge in [0.05, 0.1) is 10.6 Å². The van der Waals surface area contributed by atoms with Crippen LogP contribution in [-0.2, 0) is 4.79 Å². The molecule has 0 fully saturated rings. The summed E-state index contributed by atoms with van der Waals surface area (Å²) in [6.07, 6.45) is 6.66. The number of nitrogens with two attached hydrogens (primary N) is 1. The first-order valence-electron chi connectivity index (χ1n) is 6.13. The van der Waals surface area contributed by atoms with E-state index >= 15 is 0 Å². The lowest BCUT2D eigenvalue weighted by molar-refractivity contribution is -0.120. The number of hydrogen-bond acceptors (Lipinski definition) is 2. The Hall–Kier alpha value is -1.81. The molecule has 0 saturated carbocycles. The molecule has 3 N–H and O–H groups in total. The average molecular weight is 279 g/mol. The van der Waals surface area contributed by atoms with Crippen LogP contribution in [0.5, 0.6) is 0 Å². The normalized spacial score (nSPS) is 18.1. The van der Waals surface area contributed by atoms with E-state index < -0.39 is 5.91 Å². The topological polar surface area (TPSA) is 72.2 Å². The van der Waals surface area contributed by atoms with Crippen molar-refractivity contribution in [2.45, 2.75) is 19.3 Å². The van der Waals surface area contributed by atoms with E-state index in [2.05, 4.69) is 11.4 Å². The van der Waals surface area contributed by atoms with E-state index in [1.807, 2.05) is 6.08 Å². The molecule has 0 bridgehead atoms. The number of rotatable bonds is 3. The Balaban J connectivity index is 2.07. The van der Waals surface area contributed by atoms with E-state index in [4.69, 9.17) is 17.3 Å². The highest BCUT2D eigenvalue weighted by Gasteiger charge is 2.19. The largest absolute Gasteiger partial charge is 0.366 e. The summed E-state index contributed by atoms with van der Waals surface area (Å²) in [6, 6.07) is 4.68. The van der Waals surface area contributed by atoms with Crippen LogP contribution in [0.3, 0.4) is 0 Å². The molecule has 100 valence electrons. The number of hydrogen-bond donors (Lipinski definition) is 2. The maximum absolute atomic E-state index is 12.0. The van der Waals surface area contributed by atoms with E-state index in [1.54, 1.807) is 6.07 Å². The Morgan fingerprint density at radius 1 is 1.32 bits per heavy atom. The Labute approximate surface area is 116 Å². The third-order valence-corrected chi connectivity index (χ3v) is 3.45. The summed E-state index contributed by atoms with van der Waals surface area (Å²) in [7, 11) is 0. The molecule has 1 unspecified atom stereocenters. The fourth-order valence-corrected chi connectivity index (χ4v) is 2.34. The molecule has 1 aromatic rings. The van der Waals surface area contributed by atoms with E-state index in [-0.39, 0.29) is 22.4 Å². The smallest absolute Gasteiger partial charge is 0.250 e. The highest BCUT2D eigenvalue weighted by atomic mass is 35.5. The van der Waals surface area contributed by atoms with Crippen LogP contribution in [0, 0.1) is 5.92 Å². The second kappa shape index (κ2) is 5.89. The predicted molar refractivity (Wildman–Crippen MR) is 75.1 cm³/mol. The highest BCUT2D eigenvalue weighted by molar-refractivity contribution is 6.34. The highest BCUT2D eigenvalue weighted by Crippen LogP contribution is 2.23. The molecule has 1 aliphatic carbocycles. The van der Waals surface area contributed by atoms with Crippen molar-refractivity contribution in [1.29, 1.82) is 0 Å². The number of amides is 2. The molecule has 0 spiro atoms. The van der Waals surface area contributed by atoms with Crippen molar-refractivity contribution in [3.05, 3.63) is 40.9 Å². The molecule has 4 nitrogen and oxygen atoms in total. The van der Waals surface area contributed by atoms with Crippen LogP contribution >= 0.6 is 11.6 Å². The Morgan fingerprint density at radius 2 is 2.11 bits per heavy atom. The lowest BCUT2D eigenvalue weighted by Crippen LogP contribution is -2.23. The molecule has 2 rings (SSSR count). The second-order valence-electron chi connectivity index (χ2n) is 4.53. The number of benzene rings is 1. The first kappa shape index (κ1) is 13.6. The van der Waals surface area contributed by atoms with Gasteiger partial charge in [0, 0.05) is 11.6 Å². The molecule has 0 aromatic heterocycles. The van der Waals surface area contributed by atoms with Crippen molar-refractivity contribution < 1.29 is 9.59 Å². The maximum Gasteiger partial charge on any atom is 0.250 e. The van der Waals surface area contributed by atoms with E-state index in [0.29, 0.717) is 5.69 Å². The van der Waals surface area contributed by atoms with Crippen LogP contribution in [-0.4, -0.2) is 11.8 Å². The van der Waals surface area contributed by atoms with Crippen molar-refractivity contribution in [2.75, 3.05) is 5.32 Å². The molecule has 1 atom stereocenters. The molecule has 0 radical (unpaired) electrons. The molecule has 2 amide bonds. The Morgan fingerprint density at radius 3 is 2.68 bits per heavy atom. The van der Waals surface area contributed by atoms with Gasteiger partial charge < -0.3 is 11.1 Å². The Kier molecular flexibility index (Phi) is 4.22. The molecule has 0 aliphatic heterocycles. The monoisotopic (exact) mass is 278 g/mol. The zero-order valence-electron chi connectivity index (χ0n) is 10.4. The molecule has 1 aromatic carbocycles. The third-order valence-electron chi connectivity index (χ3n) is 3.14. The summed E-state index contributed by atoms with van der Waals surface area (Å²) in [6.45, 7) is 0. The van der Waals surface area contributed by atoms with Crippen LogP contribution in [0.4, 0.5) is 5.69 Å². The molecule has 5 heteroatoms. The van der Waals surface area contributed by atoms with Crippen molar-refractivity contribution in [2.24, 2.45) is 11.7 Å². The van der Waals surface area contributed by atoms with Gasteiger partial charge in [-0.1, -0.05) is 23.8 Å². The number of allylic oxidation sites excluding steroid dienone is 2. The van der Waals surface area contributed by atoms with Crippen LogP contribution < -0.4 is 11.1 Å². The van der Waals surface area contributed by atoms with Gasteiger partial charge in [-0.05, 0) is 37.5 Å². The van der Waals surface area contributed by atoms with E-state index in [0.717, 1.165) is 19.3 Å². The van der Waals surface area contributed by atoms with Gasteiger partial charge in [-0.15, -0.1) is 0 Å². The van der Waals surface area contributed by atoms with Gasteiger partial charge in [0.2, 0.25) is 11.8 Å². The van der Waals surface area contributed by atoms with Gasteiger partial charge in [-0.25, -0.2) is 0 Å². The minimum atomic E-state index is -0.583. The molecule has 0 saturated heterocycles. The fourth-order valence-electron chi connectivity index (χ4n) is 2.07. The summed E-state index contributed by atoms with van der Waals surface area (Å²) in [5, 5.41) is 3.05. The van der Waals surface area contributed by atoms with Crippen LogP contribution in [0.2, 0.25) is 5.02 Å². The Bertz CT molecular complexity index is 540. The predicted octanol–water partition coefficient (Wildman–Crippen LogP) is 2.73. The van der Waals surface area contributed by atoms with Gasteiger partial charge in [-0.2, -0.15) is 0 Å². The summed E-state index contributed by atoms with van der Waals surface area (Å²) in [5.41, 5.74) is 5.99. The minimum absolute atomic E-state index is 0.000377. The van der Waals surface area contributed by atoms with E-state index in [9.17, 15) is 9.59 Å². The first-order chi connectivity index (χ1) is 9.08. The lowest BCUT2D eigenvalue weighted by atomic mass is 9.93. The van der Waals surface area contributed by atoms with Gasteiger partial charge in [0.25, 0.3) is 0 Å². The third kappa shape index (κ3) is 3.35. The fraction of sp³-hybridized carbons (Fsp3) is 0.286. The number of primary amides is 1. The average Bonchev–Trinajstić information content (AvgIpc) is 2.39. The summed E-state index contributed by atoms with van der Waals surface area (Å²) in [5.74, 6) is -0.605. The standard InChI is InChI=1S/C14H15ClN2O2/c15-12-8-10(6-7-11(12)13(16)18)17-14(19)9-4-2-1-3-5-9/h1-2,6-9H,3-5H2,(H2,16,18)(H,17,19). The van der Waals surface area contributed by atoms with Crippen LogP contribution in [0.25, 0.3) is 0 Å². The number of carbonyl (C=O) groups excluding carboxylic acids is 2. The first-order valence-corrected chi connectivity index (χ1v) is 6.51. The quantitative estimate of drug-likeness (QED) is 0.835. The maximum atomic E-state index is 12.0. The number of halogens is 1. The lowest BCUT2D eigenvalue weighted by Gasteiger charge is -2.17. The number of carbonyl (C=O) groups is 2. The van der Waals surface area contributed by atoms with Gasteiger partial charge in [-0.3, -0.25) is 9.59 Å².